The second kappa shape index (κ2) is 5.20. The number of carboxylic acids is 1. The Morgan fingerprint density at radius 3 is 2.61 bits per heavy atom. The lowest BCUT2D eigenvalue weighted by atomic mass is 10.2. The van der Waals surface area contributed by atoms with Gasteiger partial charge in [0.25, 0.3) is 5.88 Å². The molecular weight excluding hydrogens is 279 g/mol. The molecule has 0 saturated carbocycles. The number of aromatic nitrogens is 2. The Kier molecular flexibility index (Phi) is 3.64. The lowest BCUT2D eigenvalue weighted by Crippen LogP contribution is -2.01. The van der Waals surface area contributed by atoms with Crippen LogP contribution in [0.3, 0.4) is 0 Å². The molecule has 7 heteroatoms. The van der Waals surface area contributed by atoms with Gasteiger partial charge in [0.15, 0.2) is 5.15 Å². The molecule has 0 amide bonds. The summed E-state index contributed by atoms with van der Waals surface area (Å²) in [5.74, 6) is -1.04. The number of carboxylic acid groups (broad SMARTS) is 1. The van der Waals surface area contributed by atoms with Crippen LogP contribution in [-0.2, 0) is 0 Å². The molecule has 0 radical (unpaired) electrons. The van der Waals surface area contributed by atoms with Crippen molar-refractivity contribution in [2.24, 2.45) is 0 Å². The molecule has 0 aliphatic rings. The van der Waals surface area contributed by atoms with E-state index in [9.17, 15) is 4.79 Å². The van der Waals surface area contributed by atoms with Crippen molar-refractivity contribution >= 4 is 29.2 Å². The number of hydrogen-bond acceptors (Lipinski definition) is 4. The SMILES string of the molecule is O=C(O)c1cc(Cl)ccc1Oc1nccnc1Cl. The van der Waals surface area contributed by atoms with Gasteiger partial charge in [-0.25, -0.2) is 14.8 Å². The molecule has 2 rings (SSSR count). The number of rotatable bonds is 3. The minimum Gasteiger partial charge on any atom is -0.478 e. The molecule has 0 atom stereocenters. The van der Waals surface area contributed by atoms with Crippen LogP contribution in [0, 0.1) is 0 Å². The molecule has 0 spiro atoms. The summed E-state index contributed by atoms with van der Waals surface area (Å²) < 4.78 is 5.31. The minimum atomic E-state index is -1.16. The van der Waals surface area contributed by atoms with E-state index in [0.717, 1.165) is 0 Å². The van der Waals surface area contributed by atoms with Crippen molar-refractivity contribution < 1.29 is 14.6 Å². The predicted molar refractivity (Wildman–Crippen MR) is 65.5 cm³/mol. The van der Waals surface area contributed by atoms with Crippen LogP contribution in [0.1, 0.15) is 10.4 Å². The van der Waals surface area contributed by atoms with Gasteiger partial charge in [0, 0.05) is 17.4 Å². The van der Waals surface area contributed by atoms with Gasteiger partial charge in [-0.3, -0.25) is 0 Å². The Balaban J connectivity index is 2.41. The number of nitrogens with zero attached hydrogens (tertiary/aromatic N) is 2. The van der Waals surface area contributed by atoms with Gasteiger partial charge in [-0.1, -0.05) is 23.2 Å². The Morgan fingerprint density at radius 1 is 1.22 bits per heavy atom. The van der Waals surface area contributed by atoms with Gasteiger partial charge < -0.3 is 9.84 Å². The summed E-state index contributed by atoms with van der Waals surface area (Å²) in [6.07, 6.45) is 2.78. The minimum absolute atomic E-state index is 0.0315. The molecule has 0 saturated heterocycles. The fraction of sp³-hybridized carbons (Fsp3) is 0. The molecular formula is C11H6Cl2N2O3. The van der Waals surface area contributed by atoms with Crippen LogP contribution in [0.4, 0.5) is 0 Å². The van der Waals surface area contributed by atoms with Gasteiger partial charge in [-0.15, -0.1) is 0 Å². The third kappa shape index (κ3) is 2.69. The number of halogens is 2. The average Bonchev–Trinajstić information content (AvgIpc) is 2.34. The maximum Gasteiger partial charge on any atom is 0.339 e. The molecule has 1 N–H and O–H groups in total. The largest absolute Gasteiger partial charge is 0.478 e. The van der Waals surface area contributed by atoms with Gasteiger partial charge in [0.1, 0.15) is 11.3 Å². The Hall–Kier alpha value is -1.85. The topological polar surface area (TPSA) is 72.3 Å². The summed E-state index contributed by atoms with van der Waals surface area (Å²) >= 11 is 11.5. The number of aromatic carboxylic acids is 1. The highest BCUT2D eigenvalue weighted by atomic mass is 35.5. The molecule has 1 aromatic heterocycles. The van der Waals surface area contributed by atoms with E-state index >= 15 is 0 Å². The molecule has 5 nitrogen and oxygen atoms in total. The first-order valence-corrected chi connectivity index (χ1v) is 5.50. The van der Waals surface area contributed by atoms with Crippen LogP contribution in [0.2, 0.25) is 10.2 Å². The number of hydrogen-bond donors (Lipinski definition) is 1. The standard InChI is InChI=1S/C11H6Cl2N2O3/c12-6-1-2-8(7(5-6)11(16)17)18-10-9(13)14-3-4-15-10/h1-5H,(H,16,17). The summed E-state index contributed by atoms with van der Waals surface area (Å²) in [7, 11) is 0. The molecule has 1 heterocycles. The van der Waals surface area contributed by atoms with E-state index in [4.69, 9.17) is 33.0 Å². The first kappa shape index (κ1) is 12.6. The summed E-state index contributed by atoms with van der Waals surface area (Å²) in [5.41, 5.74) is -0.0794. The van der Waals surface area contributed by atoms with Gasteiger partial charge in [0.05, 0.1) is 0 Å². The Morgan fingerprint density at radius 2 is 1.94 bits per heavy atom. The van der Waals surface area contributed by atoms with Crippen molar-refractivity contribution in [3.8, 4) is 11.6 Å². The predicted octanol–water partition coefficient (Wildman–Crippen LogP) is 3.27. The van der Waals surface area contributed by atoms with E-state index in [1.165, 1.54) is 30.6 Å². The maximum atomic E-state index is 11.0. The molecule has 0 aliphatic heterocycles. The quantitative estimate of drug-likeness (QED) is 0.936. The van der Waals surface area contributed by atoms with Gasteiger partial charge in [-0.05, 0) is 18.2 Å². The highest BCUT2D eigenvalue weighted by Gasteiger charge is 2.14. The zero-order valence-electron chi connectivity index (χ0n) is 8.80. The second-order valence-corrected chi connectivity index (χ2v) is 3.99. The highest BCUT2D eigenvalue weighted by molar-refractivity contribution is 6.31. The first-order chi connectivity index (χ1) is 8.58. The zero-order valence-corrected chi connectivity index (χ0v) is 10.3. The van der Waals surface area contributed by atoms with E-state index < -0.39 is 5.97 Å². The van der Waals surface area contributed by atoms with Crippen LogP contribution >= 0.6 is 23.2 Å². The fourth-order valence-corrected chi connectivity index (χ4v) is 1.56. The average molecular weight is 285 g/mol. The highest BCUT2D eigenvalue weighted by Crippen LogP contribution is 2.29. The molecule has 0 fully saturated rings. The summed E-state index contributed by atoms with van der Waals surface area (Å²) in [6, 6.07) is 4.22. The zero-order chi connectivity index (χ0) is 13.1. The molecule has 1 aromatic carbocycles. The van der Waals surface area contributed by atoms with Gasteiger partial charge in [0.2, 0.25) is 0 Å². The number of carbonyl (C=O) groups is 1. The van der Waals surface area contributed by atoms with E-state index in [1.54, 1.807) is 0 Å². The monoisotopic (exact) mass is 284 g/mol. The van der Waals surface area contributed by atoms with Crippen molar-refractivity contribution in [3.63, 3.8) is 0 Å². The van der Waals surface area contributed by atoms with Crippen molar-refractivity contribution in [2.75, 3.05) is 0 Å². The van der Waals surface area contributed by atoms with E-state index in [0.29, 0.717) is 5.02 Å². The van der Waals surface area contributed by atoms with Crippen LogP contribution in [-0.4, -0.2) is 21.0 Å². The maximum absolute atomic E-state index is 11.0. The smallest absolute Gasteiger partial charge is 0.339 e. The van der Waals surface area contributed by atoms with Crippen molar-refractivity contribution in [3.05, 3.63) is 46.3 Å². The summed E-state index contributed by atoms with van der Waals surface area (Å²) in [6.45, 7) is 0. The van der Waals surface area contributed by atoms with Crippen LogP contribution in [0.25, 0.3) is 0 Å². The van der Waals surface area contributed by atoms with E-state index in [1.807, 2.05) is 0 Å². The van der Waals surface area contributed by atoms with Crippen molar-refractivity contribution in [2.45, 2.75) is 0 Å². The third-order valence-corrected chi connectivity index (χ3v) is 2.50. The Bertz CT molecular complexity index is 605. The first-order valence-electron chi connectivity index (χ1n) is 4.75. The number of ether oxygens (including phenoxy) is 1. The lowest BCUT2D eigenvalue weighted by molar-refractivity contribution is 0.0694. The van der Waals surface area contributed by atoms with Crippen LogP contribution in [0.5, 0.6) is 11.6 Å². The Labute approximate surface area is 112 Å². The molecule has 18 heavy (non-hydrogen) atoms. The molecule has 0 bridgehead atoms. The second-order valence-electron chi connectivity index (χ2n) is 3.20. The van der Waals surface area contributed by atoms with Crippen molar-refractivity contribution in [1.82, 2.24) is 9.97 Å². The normalized spacial score (nSPS) is 10.1. The van der Waals surface area contributed by atoms with Gasteiger partial charge >= 0.3 is 5.97 Å². The molecule has 2 aromatic rings. The third-order valence-electron chi connectivity index (χ3n) is 2.00. The fourth-order valence-electron chi connectivity index (χ4n) is 1.24. The number of benzene rings is 1. The molecule has 0 unspecified atom stereocenters. The van der Waals surface area contributed by atoms with Gasteiger partial charge in [-0.2, -0.15) is 0 Å². The molecule has 0 aliphatic carbocycles. The van der Waals surface area contributed by atoms with Crippen LogP contribution < -0.4 is 4.74 Å². The summed E-state index contributed by atoms with van der Waals surface area (Å²) in [5, 5.41) is 9.37. The molecule has 92 valence electrons. The van der Waals surface area contributed by atoms with Crippen LogP contribution in [0.15, 0.2) is 30.6 Å². The summed E-state index contributed by atoms with van der Waals surface area (Å²) in [4.78, 5) is 18.7. The van der Waals surface area contributed by atoms with E-state index in [-0.39, 0.29) is 22.3 Å². The lowest BCUT2D eigenvalue weighted by Gasteiger charge is -2.08. The van der Waals surface area contributed by atoms with Crippen molar-refractivity contribution in [1.29, 1.82) is 0 Å². The van der Waals surface area contributed by atoms with E-state index in [2.05, 4.69) is 9.97 Å².